The van der Waals surface area contributed by atoms with E-state index in [4.69, 9.17) is 5.73 Å². The van der Waals surface area contributed by atoms with E-state index in [1.807, 2.05) is 11.8 Å². The zero-order valence-corrected chi connectivity index (χ0v) is 9.67. The minimum Gasteiger partial charge on any atom is -0.339 e. The van der Waals surface area contributed by atoms with E-state index in [2.05, 4.69) is 0 Å². The maximum absolute atomic E-state index is 11.7. The summed E-state index contributed by atoms with van der Waals surface area (Å²) in [5.74, 6) is 1.13. The first-order valence-corrected chi connectivity index (χ1v) is 6.13. The summed E-state index contributed by atoms with van der Waals surface area (Å²) in [5, 5.41) is 0. The molecule has 0 aromatic carbocycles. The fourth-order valence-corrected chi connectivity index (χ4v) is 2.79. The van der Waals surface area contributed by atoms with Gasteiger partial charge in [0.2, 0.25) is 5.91 Å². The minimum atomic E-state index is -0.122. The predicted octanol–water partition coefficient (Wildman–Crippen LogP) is 1.52. The number of nitrogens with two attached hydrogens (primary N) is 1. The van der Waals surface area contributed by atoms with Crippen LogP contribution in [0.5, 0.6) is 0 Å². The Balaban J connectivity index is 1.65. The molecule has 1 heterocycles. The van der Waals surface area contributed by atoms with Gasteiger partial charge in [0.05, 0.1) is 0 Å². The van der Waals surface area contributed by atoms with E-state index in [1.54, 1.807) is 0 Å². The molecule has 2 fully saturated rings. The summed E-state index contributed by atoms with van der Waals surface area (Å²) in [6, 6.07) is 0. The summed E-state index contributed by atoms with van der Waals surface area (Å²) in [4.78, 5) is 13.6. The van der Waals surface area contributed by atoms with E-state index in [0.717, 1.165) is 31.8 Å². The highest BCUT2D eigenvalue weighted by atomic mass is 16.2. The second-order valence-corrected chi connectivity index (χ2v) is 5.59. The molecule has 0 aromatic heterocycles. The molecule has 0 bridgehead atoms. The lowest BCUT2D eigenvalue weighted by Crippen LogP contribution is -2.66. The van der Waals surface area contributed by atoms with Crippen molar-refractivity contribution in [3.63, 3.8) is 0 Å². The topological polar surface area (TPSA) is 46.3 Å². The van der Waals surface area contributed by atoms with Crippen molar-refractivity contribution < 1.29 is 4.79 Å². The lowest BCUT2D eigenvalue weighted by molar-refractivity contribution is -0.138. The SMILES string of the molecule is CC1(N)CN(C(=O)CCC2CCCC2)C1. The standard InChI is InChI=1S/C12H22N2O/c1-12(13)8-14(9-12)11(15)7-6-10-4-2-3-5-10/h10H,2-9,13H2,1H3. The van der Waals surface area contributed by atoms with Gasteiger partial charge in [0.25, 0.3) is 0 Å². The zero-order valence-electron chi connectivity index (χ0n) is 9.67. The van der Waals surface area contributed by atoms with E-state index < -0.39 is 0 Å². The van der Waals surface area contributed by atoms with Crippen LogP contribution < -0.4 is 5.73 Å². The summed E-state index contributed by atoms with van der Waals surface area (Å²) in [5.41, 5.74) is 5.75. The summed E-state index contributed by atoms with van der Waals surface area (Å²) < 4.78 is 0. The van der Waals surface area contributed by atoms with Crippen LogP contribution in [0.2, 0.25) is 0 Å². The Morgan fingerprint density at radius 3 is 2.53 bits per heavy atom. The van der Waals surface area contributed by atoms with Gasteiger partial charge in [-0.1, -0.05) is 25.7 Å². The van der Waals surface area contributed by atoms with Crippen molar-refractivity contribution in [1.82, 2.24) is 4.90 Å². The molecule has 15 heavy (non-hydrogen) atoms. The Morgan fingerprint density at radius 2 is 2.00 bits per heavy atom. The monoisotopic (exact) mass is 210 g/mol. The lowest BCUT2D eigenvalue weighted by Gasteiger charge is -2.45. The highest BCUT2D eigenvalue weighted by molar-refractivity contribution is 5.77. The molecule has 86 valence electrons. The molecule has 0 unspecified atom stereocenters. The number of rotatable bonds is 3. The van der Waals surface area contributed by atoms with Gasteiger partial charge in [0.1, 0.15) is 0 Å². The zero-order chi connectivity index (χ0) is 10.9. The number of carbonyl (C=O) groups excluding carboxylic acids is 1. The van der Waals surface area contributed by atoms with Crippen LogP contribution in [0.4, 0.5) is 0 Å². The molecule has 0 atom stereocenters. The van der Waals surface area contributed by atoms with Crippen molar-refractivity contribution in [1.29, 1.82) is 0 Å². The van der Waals surface area contributed by atoms with Crippen molar-refractivity contribution in [2.45, 2.75) is 51.0 Å². The molecule has 1 aliphatic carbocycles. The third-order valence-corrected chi connectivity index (χ3v) is 3.70. The molecule has 1 saturated carbocycles. The average Bonchev–Trinajstić information content (AvgIpc) is 2.62. The molecule has 0 aromatic rings. The van der Waals surface area contributed by atoms with Crippen molar-refractivity contribution >= 4 is 5.91 Å². The van der Waals surface area contributed by atoms with E-state index in [-0.39, 0.29) is 5.54 Å². The van der Waals surface area contributed by atoms with Gasteiger partial charge in [-0.2, -0.15) is 0 Å². The molecular weight excluding hydrogens is 188 g/mol. The quantitative estimate of drug-likeness (QED) is 0.767. The first kappa shape index (κ1) is 10.9. The van der Waals surface area contributed by atoms with Crippen LogP contribution >= 0.6 is 0 Å². The second kappa shape index (κ2) is 4.12. The molecule has 0 spiro atoms. The number of hydrogen-bond donors (Lipinski definition) is 1. The van der Waals surface area contributed by atoms with Crippen molar-refractivity contribution in [2.75, 3.05) is 13.1 Å². The molecule has 3 heteroatoms. The Bertz CT molecular complexity index is 236. The summed E-state index contributed by atoms with van der Waals surface area (Å²) in [6.07, 6.45) is 7.23. The number of carbonyl (C=O) groups is 1. The number of nitrogens with zero attached hydrogens (tertiary/aromatic N) is 1. The molecule has 2 aliphatic rings. The Kier molecular flexibility index (Phi) is 3.01. The van der Waals surface area contributed by atoms with Gasteiger partial charge in [-0.05, 0) is 19.3 Å². The van der Waals surface area contributed by atoms with Crippen LogP contribution in [0.15, 0.2) is 0 Å². The van der Waals surface area contributed by atoms with Crippen LogP contribution in [0.1, 0.15) is 45.4 Å². The highest BCUT2D eigenvalue weighted by Crippen LogP contribution is 2.29. The highest BCUT2D eigenvalue weighted by Gasteiger charge is 2.37. The normalized spacial score (nSPS) is 25.3. The first-order chi connectivity index (χ1) is 7.07. The van der Waals surface area contributed by atoms with Crippen LogP contribution in [-0.4, -0.2) is 29.4 Å². The molecule has 1 aliphatic heterocycles. The van der Waals surface area contributed by atoms with Gasteiger partial charge in [-0.25, -0.2) is 0 Å². The molecule has 1 amide bonds. The van der Waals surface area contributed by atoms with E-state index in [9.17, 15) is 4.79 Å². The average molecular weight is 210 g/mol. The third kappa shape index (κ3) is 2.71. The maximum atomic E-state index is 11.7. The van der Waals surface area contributed by atoms with Gasteiger partial charge in [-0.15, -0.1) is 0 Å². The predicted molar refractivity (Wildman–Crippen MR) is 60.4 cm³/mol. The Morgan fingerprint density at radius 1 is 1.40 bits per heavy atom. The number of likely N-dealkylation sites (tertiary alicyclic amines) is 1. The van der Waals surface area contributed by atoms with E-state index >= 15 is 0 Å². The second-order valence-electron chi connectivity index (χ2n) is 5.59. The fourth-order valence-electron chi connectivity index (χ4n) is 2.79. The first-order valence-electron chi connectivity index (χ1n) is 6.13. The van der Waals surface area contributed by atoms with Crippen molar-refractivity contribution in [3.8, 4) is 0 Å². The van der Waals surface area contributed by atoms with Gasteiger partial charge < -0.3 is 10.6 Å². The summed E-state index contributed by atoms with van der Waals surface area (Å²) in [7, 11) is 0. The molecule has 2 rings (SSSR count). The van der Waals surface area contributed by atoms with E-state index in [0.29, 0.717) is 5.91 Å². The summed E-state index contributed by atoms with van der Waals surface area (Å²) >= 11 is 0. The number of hydrogen-bond acceptors (Lipinski definition) is 2. The van der Waals surface area contributed by atoms with Crippen LogP contribution in [0.3, 0.4) is 0 Å². The maximum Gasteiger partial charge on any atom is 0.222 e. The van der Waals surface area contributed by atoms with Crippen LogP contribution in [0, 0.1) is 5.92 Å². The molecular formula is C12H22N2O. The molecule has 0 radical (unpaired) electrons. The molecule has 3 nitrogen and oxygen atoms in total. The van der Waals surface area contributed by atoms with Gasteiger partial charge >= 0.3 is 0 Å². The largest absolute Gasteiger partial charge is 0.339 e. The lowest BCUT2D eigenvalue weighted by atomic mass is 9.92. The minimum absolute atomic E-state index is 0.122. The van der Waals surface area contributed by atoms with Gasteiger partial charge in [0.15, 0.2) is 0 Å². The number of amides is 1. The van der Waals surface area contributed by atoms with Crippen molar-refractivity contribution in [3.05, 3.63) is 0 Å². The molecule has 1 saturated heterocycles. The van der Waals surface area contributed by atoms with Crippen molar-refractivity contribution in [2.24, 2.45) is 11.7 Å². The van der Waals surface area contributed by atoms with Crippen LogP contribution in [0.25, 0.3) is 0 Å². The Labute approximate surface area is 92.0 Å². The Hall–Kier alpha value is -0.570. The fraction of sp³-hybridized carbons (Fsp3) is 0.917. The van der Waals surface area contributed by atoms with Crippen LogP contribution in [-0.2, 0) is 4.79 Å². The molecule has 2 N–H and O–H groups in total. The van der Waals surface area contributed by atoms with Gasteiger partial charge in [0, 0.05) is 25.0 Å². The smallest absolute Gasteiger partial charge is 0.222 e. The van der Waals surface area contributed by atoms with E-state index in [1.165, 1.54) is 25.7 Å². The van der Waals surface area contributed by atoms with Gasteiger partial charge in [-0.3, -0.25) is 4.79 Å². The summed E-state index contributed by atoms with van der Waals surface area (Å²) in [6.45, 7) is 3.50. The third-order valence-electron chi connectivity index (χ3n) is 3.70.